The van der Waals surface area contributed by atoms with E-state index in [0.717, 1.165) is 13.0 Å². The molecule has 0 aromatic heterocycles. The fourth-order valence-corrected chi connectivity index (χ4v) is 2.81. The van der Waals surface area contributed by atoms with Gasteiger partial charge in [0.05, 0.1) is 26.7 Å². The van der Waals surface area contributed by atoms with Crippen molar-refractivity contribution in [3.05, 3.63) is 0 Å². The summed E-state index contributed by atoms with van der Waals surface area (Å²) in [5, 5.41) is 9.06. The van der Waals surface area contributed by atoms with Gasteiger partial charge < -0.3 is 22.0 Å². The van der Waals surface area contributed by atoms with Crippen LogP contribution in [0, 0.1) is 0 Å². The Balaban J connectivity index is 0. The minimum Gasteiger partial charge on any atom is -1.00 e. The van der Waals surface area contributed by atoms with Crippen LogP contribution in [0.25, 0.3) is 0 Å². The number of halogens is 1. The minimum atomic E-state index is 0. The van der Waals surface area contributed by atoms with Crippen molar-refractivity contribution in [3.8, 4) is 0 Å². The van der Waals surface area contributed by atoms with Crippen molar-refractivity contribution in [2.45, 2.75) is 78.1 Å². The average Bonchev–Trinajstić information content (AvgIpc) is 2.41. The molecule has 0 aromatic carbocycles. The molecular formula is C17H38ClNO. The Hall–Kier alpha value is 0.210. The molecule has 0 bridgehead atoms. The summed E-state index contributed by atoms with van der Waals surface area (Å²) in [5.41, 5.74) is 0. The quantitative estimate of drug-likeness (QED) is 0.380. The second kappa shape index (κ2) is 15.6. The summed E-state index contributed by atoms with van der Waals surface area (Å²) in [7, 11) is 2.39. The summed E-state index contributed by atoms with van der Waals surface area (Å²) in [4.78, 5) is 0. The molecule has 0 aliphatic heterocycles. The molecule has 1 atom stereocenters. The van der Waals surface area contributed by atoms with Crippen molar-refractivity contribution in [1.82, 2.24) is 0 Å². The molecular weight excluding hydrogens is 270 g/mol. The van der Waals surface area contributed by atoms with Crippen molar-refractivity contribution in [1.29, 1.82) is 0 Å². The highest BCUT2D eigenvalue weighted by molar-refractivity contribution is 4.48. The molecule has 0 aliphatic carbocycles. The van der Waals surface area contributed by atoms with Crippen LogP contribution in [0.4, 0.5) is 0 Å². The molecule has 0 spiro atoms. The van der Waals surface area contributed by atoms with Crippen LogP contribution < -0.4 is 12.4 Å². The van der Waals surface area contributed by atoms with Crippen molar-refractivity contribution >= 4 is 0 Å². The third kappa shape index (κ3) is 13.2. The van der Waals surface area contributed by atoms with E-state index >= 15 is 0 Å². The first-order chi connectivity index (χ1) is 9.18. The molecule has 124 valence electrons. The van der Waals surface area contributed by atoms with Gasteiger partial charge in [-0.1, -0.05) is 46.0 Å². The minimum absolute atomic E-state index is 0. The largest absolute Gasteiger partial charge is 1.00 e. The van der Waals surface area contributed by atoms with Crippen LogP contribution >= 0.6 is 0 Å². The summed E-state index contributed by atoms with van der Waals surface area (Å²) in [6.45, 7) is 8.63. The van der Waals surface area contributed by atoms with Gasteiger partial charge in [0.25, 0.3) is 0 Å². The zero-order valence-electron chi connectivity index (χ0n) is 14.2. The molecule has 0 radical (unpaired) electrons. The molecule has 0 heterocycles. The predicted octanol–water partition coefficient (Wildman–Crippen LogP) is 1.37. The number of nitrogens with zero attached hydrogens (tertiary/aromatic N) is 1. The van der Waals surface area contributed by atoms with Crippen LogP contribution in [0.15, 0.2) is 0 Å². The molecule has 0 saturated heterocycles. The highest BCUT2D eigenvalue weighted by Crippen LogP contribution is 2.13. The summed E-state index contributed by atoms with van der Waals surface area (Å²) in [6.07, 6.45) is 13.2. The summed E-state index contributed by atoms with van der Waals surface area (Å²) in [6, 6.07) is 0. The highest BCUT2D eigenvalue weighted by atomic mass is 35.5. The van der Waals surface area contributed by atoms with Crippen LogP contribution in [-0.2, 0) is 0 Å². The zero-order chi connectivity index (χ0) is 14.4. The SMILES string of the molecule is CCCCCCCC[N+](C)(CCCO)CCCCC.[Cl-]. The molecule has 3 heteroatoms. The first-order valence-electron chi connectivity index (χ1n) is 8.63. The van der Waals surface area contributed by atoms with Crippen molar-refractivity contribution in [2.24, 2.45) is 0 Å². The van der Waals surface area contributed by atoms with Gasteiger partial charge in [-0.3, -0.25) is 0 Å². The van der Waals surface area contributed by atoms with Crippen LogP contribution in [0.2, 0.25) is 0 Å². The molecule has 0 saturated carbocycles. The maximum Gasteiger partial charge on any atom is 0.0806 e. The highest BCUT2D eigenvalue weighted by Gasteiger charge is 2.19. The van der Waals surface area contributed by atoms with E-state index < -0.39 is 0 Å². The average molecular weight is 308 g/mol. The Labute approximate surface area is 133 Å². The fourth-order valence-electron chi connectivity index (χ4n) is 2.81. The number of hydrogen-bond acceptors (Lipinski definition) is 1. The number of aliphatic hydroxyl groups excluding tert-OH is 1. The molecule has 0 fully saturated rings. The number of rotatable bonds is 14. The number of unbranched alkanes of at least 4 members (excludes halogenated alkanes) is 7. The van der Waals surface area contributed by atoms with Crippen LogP contribution in [0.1, 0.15) is 78.1 Å². The summed E-state index contributed by atoms with van der Waals surface area (Å²) in [5.74, 6) is 0. The van der Waals surface area contributed by atoms with E-state index in [2.05, 4.69) is 20.9 Å². The lowest BCUT2D eigenvalue weighted by Gasteiger charge is -2.35. The third-order valence-corrected chi connectivity index (χ3v) is 4.21. The monoisotopic (exact) mass is 307 g/mol. The first-order valence-corrected chi connectivity index (χ1v) is 8.63. The van der Waals surface area contributed by atoms with E-state index in [-0.39, 0.29) is 12.4 Å². The fraction of sp³-hybridized carbons (Fsp3) is 1.00. The Morgan fingerprint density at radius 3 is 1.60 bits per heavy atom. The lowest BCUT2D eigenvalue weighted by atomic mass is 10.1. The Morgan fingerprint density at radius 1 is 0.650 bits per heavy atom. The van der Waals surface area contributed by atoms with Gasteiger partial charge in [0.2, 0.25) is 0 Å². The smallest absolute Gasteiger partial charge is 0.0806 e. The molecule has 0 aliphatic rings. The first kappa shape index (κ1) is 22.5. The van der Waals surface area contributed by atoms with E-state index in [4.69, 9.17) is 5.11 Å². The van der Waals surface area contributed by atoms with Gasteiger partial charge in [0.1, 0.15) is 0 Å². The van der Waals surface area contributed by atoms with Crippen molar-refractivity contribution in [2.75, 3.05) is 33.3 Å². The second-order valence-electron chi connectivity index (χ2n) is 6.34. The Morgan fingerprint density at radius 2 is 1.05 bits per heavy atom. The van der Waals surface area contributed by atoms with Gasteiger partial charge in [0, 0.05) is 13.0 Å². The second-order valence-corrected chi connectivity index (χ2v) is 6.34. The normalized spacial score (nSPS) is 13.8. The number of quaternary nitrogens is 1. The topological polar surface area (TPSA) is 20.2 Å². The van der Waals surface area contributed by atoms with Gasteiger partial charge >= 0.3 is 0 Å². The Bertz CT molecular complexity index is 190. The zero-order valence-corrected chi connectivity index (χ0v) is 14.9. The number of aliphatic hydroxyl groups is 1. The van der Waals surface area contributed by atoms with E-state index in [1.165, 1.54) is 75.4 Å². The molecule has 0 aromatic rings. The molecule has 1 N–H and O–H groups in total. The molecule has 1 unspecified atom stereocenters. The van der Waals surface area contributed by atoms with Crippen LogP contribution in [0.3, 0.4) is 0 Å². The standard InChI is InChI=1S/C17H38NO.ClH/c1-4-6-8-9-10-12-15-18(3,16-13-17-19)14-11-7-5-2;/h19H,4-17H2,1-3H3;1H/q+1;/p-1. The van der Waals surface area contributed by atoms with Crippen molar-refractivity contribution in [3.63, 3.8) is 0 Å². The molecule has 0 amide bonds. The maximum absolute atomic E-state index is 9.06. The lowest BCUT2D eigenvalue weighted by Crippen LogP contribution is -3.00. The molecule has 0 rings (SSSR count). The van der Waals surface area contributed by atoms with Gasteiger partial charge in [-0.15, -0.1) is 0 Å². The van der Waals surface area contributed by atoms with E-state index in [1.54, 1.807) is 0 Å². The Kier molecular flexibility index (Phi) is 17.5. The van der Waals surface area contributed by atoms with Crippen molar-refractivity contribution < 1.29 is 22.0 Å². The summed E-state index contributed by atoms with van der Waals surface area (Å²) < 4.78 is 1.17. The third-order valence-electron chi connectivity index (χ3n) is 4.21. The van der Waals surface area contributed by atoms with Gasteiger partial charge in [-0.05, 0) is 25.7 Å². The van der Waals surface area contributed by atoms with Crippen LogP contribution in [0.5, 0.6) is 0 Å². The molecule has 20 heavy (non-hydrogen) atoms. The van der Waals surface area contributed by atoms with Gasteiger partial charge in [-0.25, -0.2) is 0 Å². The molecule has 2 nitrogen and oxygen atoms in total. The van der Waals surface area contributed by atoms with E-state index in [9.17, 15) is 0 Å². The van der Waals surface area contributed by atoms with Gasteiger partial charge in [0.15, 0.2) is 0 Å². The van der Waals surface area contributed by atoms with Gasteiger partial charge in [-0.2, -0.15) is 0 Å². The maximum atomic E-state index is 9.06. The lowest BCUT2D eigenvalue weighted by molar-refractivity contribution is -0.910. The predicted molar refractivity (Wildman–Crippen MR) is 85.4 cm³/mol. The van der Waals surface area contributed by atoms with E-state index in [1.807, 2.05) is 0 Å². The van der Waals surface area contributed by atoms with Crippen LogP contribution in [-0.4, -0.2) is 42.9 Å². The van der Waals surface area contributed by atoms with E-state index in [0.29, 0.717) is 6.61 Å². The number of hydrogen-bond donors (Lipinski definition) is 1. The summed E-state index contributed by atoms with van der Waals surface area (Å²) >= 11 is 0.